The van der Waals surface area contributed by atoms with Gasteiger partial charge in [0.25, 0.3) is 6.71 Å². The predicted molar refractivity (Wildman–Crippen MR) is 203 cm³/mol. The van der Waals surface area contributed by atoms with Crippen LogP contribution in [0.2, 0.25) is 0 Å². The molecule has 1 fully saturated rings. The van der Waals surface area contributed by atoms with Gasteiger partial charge in [0.2, 0.25) is 0 Å². The molecular weight excluding hydrogens is 581 g/mol. The van der Waals surface area contributed by atoms with Crippen molar-refractivity contribution in [2.45, 2.75) is 50.5 Å². The summed E-state index contributed by atoms with van der Waals surface area (Å²) in [6, 6.07) is 49.9. The smallest absolute Gasteiger partial charge is 0.252 e. The molecule has 0 N–H and O–H groups in total. The van der Waals surface area contributed by atoms with Crippen molar-refractivity contribution in [1.29, 1.82) is 0 Å². The summed E-state index contributed by atoms with van der Waals surface area (Å²) in [5.74, 6) is 0. The van der Waals surface area contributed by atoms with Crippen LogP contribution in [0.15, 0.2) is 133 Å². The Morgan fingerprint density at radius 2 is 1.27 bits per heavy atom. The number of aromatic nitrogens is 1. The van der Waals surface area contributed by atoms with E-state index in [-0.39, 0.29) is 17.7 Å². The molecule has 0 amide bonds. The quantitative estimate of drug-likeness (QED) is 0.183. The minimum atomic E-state index is -0.0246. The molecule has 1 aliphatic carbocycles. The van der Waals surface area contributed by atoms with Crippen molar-refractivity contribution in [1.82, 2.24) is 4.57 Å². The maximum Gasteiger partial charge on any atom is 0.252 e. The molecular formula is C44H36BN3. The topological polar surface area (TPSA) is 11.4 Å². The highest BCUT2D eigenvalue weighted by Crippen LogP contribution is 2.62. The van der Waals surface area contributed by atoms with Gasteiger partial charge in [-0.1, -0.05) is 98.6 Å². The van der Waals surface area contributed by atoms with Crippen molar-refractivity contribution < 1.29 is 0 Å². The maximum atomic E-state index is 2.84. The average molecular weight is 618 g/mol. The van der Waals surface area contributed by atoms with E-state index >= 15 is 0 Å². The van der Waals surface area contributed by atoms with Crippen LogP contribution in [0.25, 0.3) is 27.5 Å². The van der Waals surface area contributed by atoms with Gasteiger partial charge in [-0.05, 0) is 96.3 Å². The fourth-order valence-corrected chi connectivity index (χ4v) is 10.4. The standard InChI is InChI=1S/C44H36BN3/c1-43-25-13-14-26-44(43,2)48-39-27-31(46(29-15-5-3-6-16-29)30-17-7-4-8-18-30)23-24-36(39)45-35-20-10-12-22-38(35)47-37-21-11-9-19-32(37)33-28-34(43)42(48)40(45)41(33)47/h3-12,15-24,27-28H,13-14,25-26H2,1-2H3. The first kappa shape index (κ1) is 26.8. The highest BCUT2D eigenvalue weighted by molar-refractivity contribution is 7.00. The number of hydrogen-bond acceptors (Lipinski definition) is 2. The Morgan fingerprint density at radius 1 is 0.604 bits per heavy atom. The van der Waals surface area contributed by atoms with Gasteiger partial charge in [-0.25, -0.2) is 0 Å². The summed E-state index contributed by atoms with van der Waals surface area (Å²) in [7, 11) is 0. The van der Waals surface area contributed by atoms with E-state index in [0.29, 0.717) is 0 Å². The third-order valence-electron chi connectivity index (χ3n) is 12.7. The molecule has 7 aromatic rings. The van der Waals surface area contributed by atoms with E-state index in [1.54, 1.807) is 5.56 Å². The van der Waals surface area contributed by atoms with Crippen LogP contribution in [0.3, 0.4) is 0 Å². The summed E-state index contributed by atoms with van der Waals surface area (Å²) in [5.41, 5.74) is 16.3. The van der Waals surface area contributed by atoms with Crippen LogP contribution in [0, 0.1) is 0 Å². The first-order chi connectivity index (χ1) is 23.6. The fourth-order valence-electron chi connectivity index (χ4n) is 10.4. The summed E-state index contributed by atoms with van der Waals surface area (Å²) in [4.78, 5) is 5.26. The van der Waals surface area contributed by atoms with Gasteiger partial charge >= 0.3 is 0 Å². The lowest BCUT2D eigenvalue weighted by Crippen LogP contribution is -2.63. The summed E-state index contributed by atoms with van der Waals surface area (Å²) < 4.78 is 2.59. The van der Waals surface area contributed by atoms with Gasteiger partial charge in [-0.15, -0.1) is 0 Å². The SMILES string of the molecule is CC12CCCCC1(C)N1c3cc(N(c4ccccc4)c4ccccc4)ccc3B3c4ccccc4-n4c5ccccc5c5cc2c1c3c54. The number of anilines is 5. The largest absolute Gasteiger partial charge is 0.335 e. The van der Waals surface area contributed by atoms with Gasteiger partial charge in [0.05, 0.1) is 16.6 Å². The molecule has 0 bridgehead atoms. The monoisotopic (exact) mass is 617 g/mol. The number of benzene rings is 6. The van der Waals surface area contributed by atoms with Crippen molar-refractivity contribution in [2.24, 2.45) is 0 Å². The lowest BCUT2D eigenvalue weighted by atomic mass is 9.33. The molecule has 48 heavy (non-hydrogen) atoms. The third kappa shape index (κ3) is 3.12. The van der Waals surface area contributed by atoms with Crippen molar-refractivity contribution in [2.75, 3.05) is 9.80 Å². The first-order valence-corrected chi connectivity index (χ1v) is 17.6. The number of fused-ring (bicyclic) bond motifs is 12. The van der Waals surface area contributed by atoms with Gasteiger partial charge in [-0.2, -0.15) is 0 Å². The maximum absolute atomic E-state index is 2.84. The molecule has 2 unspecified atom stereocenters. The molecule has 0 spiro atoms. The van der Waals surface area contributed by atoms with Crippen molar-refractivity contribution in [3.63, 3.8) is 0 Å². The van der Waals surface area contributed by atoms with Crippen LogP contribution in [0.5, 0.6) is 0 Å². The average Bonchev–Trinajstić information content (AvgIpc) is 3.58. The zero-order valence-corrected chi connectivity index (χ0v) is 27.4. The molecule has 1 saturated carbocycles. The second-order valence-corrected chi connectivity index (χ2v) is 14.8. The highest BCUT2D eigenvalue weighted by atomic mass is 15.3. The summed E-state index contributed by atoms with van der Waals surface area (Å²) in [6.07, 6.45) is 4.95. The Balaban J connectivity index is 1.27. The molecule has 230 valence electrons. The molecule has 4 heterocycles. The molecule has 0 radical (unpaired) electrons. The van der Waals surface area contributed by atoms with Gasteiger partial charge in [0.1, 0.15) is 0 Å². The Labute approximate surface area is 282 Å². The molecule has 0 saturated heterocycles. The van der Waals surface area contributed by atoms with Crippen molar-refractivity contribution in [3.8, 4) is 5.69 Å². The first-order valence-electron chi connectivity index (χ1n) is 17.6. The minimum Gasteiger partial charge on any atom is -0.335 e. The van der Waals surface area contributed by atoms with Gasteiger partial charge in [0.15, 0.2) is 0 Å². The van der Waals surface area contributed by atoms with E-state index in [9.17, 15) is 0 Å². The van der Waals surface area contributed by atoms with Gasteiger partial charge < -0.3 is 14.4 Å². The number of nitrogens with zero attached hydrogens (tertiary/aromatic N) is 3. The molecule has 11 rings (SSSR count). The molecule has 2 atom stereocenters. The van der Waals surface area contributed by atoms with Crippen LogP contribution in [0.4, 0.5) is 28.4 Å². The van der Waals surface area contributed by atoms with Crippen LogP contribution in [-0.4, -0.2) is 16.8 Å². The molecule has 3 aliphatic heterocycles. The van der Waals surface area contributed by atoms with Crippen LogP contribution < -0.4 is 26.2 Å². The Bertz CT molecular complexity index is 2430. The van der Waals surface area contributed by atoms with E-state index in [1.165, 1.54) is 98.0 Å². The zero-order chi connectivity index (χ0) is 31.8. The second-order valence-electron chi connectivity index (χ2n) is 14.8. The zero-order valence-electron chi connectivity index (χ0n) is 27.4. The summed E-state index contributed by atoms with van der Waals surface area (Å²) in [6.45, 7) is 5.34. The van der Waals surface area contributed by atoms with Crippen molar-refractivity contribution >= 4 is 73.3 Å². The lowest BCUT2D eigenvalue weighted by molar-refractivity contribution is 0.195. The molecule has 4 heteroatoms. The van der Waals surface area contributed by atoms with E-state index in [2.05, 4.69) is 162 Å². The Kier molecular flexibility index (Phi) is 5.15. The normalized spacial score (nSPS) is 21.3. The van der Waals surface area contributed by atoms with Crippen molar-refractivity contribution in [3.05, 3.63) is 139 Å². The lowest BCUT2D eigenvalue weighted by Gasteiger charge is -2.52. The number of rotatable bonds is 3. The Morgan fingerprint density at radius 3 is 2.06 bits per heavy atom. The third-order valence-corrected chi connectivity index (χ3v) is 12.7. The molecule has 1 aromatic heterocycles. The summed E-state index contributed by atoms with van der Waals surface area (Å²) >= 11 is 0. The highest BCUT2D eigenvalue weighted by Gasteiger charge is 2.61. The Hall–Kier alpha value is -5.22. The van der Waals surface area contributed by atoms with Crippen LogP contribution in [-0.2, 0) is 5.41 Å². The fraction of sp³-hybridized carbons (Fsp3) is 0.182. The van der Waals surface area contributed by atoms with Crippen LogP contribution in [0.1, 0.15) is 45.1 Å². The van der Waals surface area contributed by atoms with E-state index < -0.39 is 0 Å². The molecule has 4 aliphatic rings. The predicted octanol–water partition coefficient (Wildman–Crippen LogP) is 9.14. The van der Waals surface area contributed by atoms with E-state index in [4.69, 9.17) is 0 Å². The minimum absolute atomic E-state index is 0.0246. The molecule has 3 nitrogen and oxygen atoms in total. The van der Waals surface area contributed by atoms with Gasteiger partial charge in [-0.3, -0.25) is 0 Å². The van der Waals surface area contributed by atoms with Gasteiger partial charge in [0, 0.05) is 50.3 Å². The van der Waals surface area contributed by atoms with E-state index in [1.807, 2.05) is 0 Å². The summed E-state index contributed by atoms with van der Waals surface area (Å²) in [5, 5.41) is 2.78. The number of hydrogen-bond donors (Lipinski definition) is 0. The number of para-hydroxylation sites is 4. The second kappa shape index (κ2) is 9.23. The molecule has 6 aromatic carbocycles. The van der Waals surface area contributed by atoms with Crippen LogP contribution >= 0.6 is 0 Å². The van der Waals surface area contributed by atoms with E-state index in [0.717, 1.165) is 0 Å².